The van der Waals surface area contributed by atoms with Crippen LogP contribution in [0.5, 0.6) is 0 Å². The van der Waals surface area contributed by atoms with Gasteiger partial charge < -0.3 is 0 Å². The Morgan fingerprint density at radius 1 is 1.33 bits per heavy atom. The first kappa shape index (κ1) is 5.82. The molecular weight excluding hydrogens is 88.0 g/mol. The van der Waals surface area contributed by atoms with Crippen LogP contribution in [-0.2, 0) is 0 Å². The van der Waals surface area contributed by atoms with Gasteiger partial charge in [0, 0.05) is 6.54 Å². The molecule has 0 aromatic heterocycles. The van der Waals surface area contributed by atoms with E-state index < -0.39 is 13.5 Å². The zero-order valence-corrected chi connectivity index (χ0v) is 3.38. The lowest BCUT2D eigenvalue weighted by atomic mass is 10.7. The summed E-state index contributed by atoms with van der Waals surface area (Å²) in [5.41, 5.74) is 0. The van der Waals surface area contributed by atoms with Gasteiger partial charge in [0.05, 0.1) is 0 Å². The third-order valence-electron chi connectivity index (χ3n) is 0.366. The first-order valence-electron chi connectivity index (χ1n) is 1.74. The van der Waals surface area contributed by atoms with Crippen LogP contribution in [0.15, 0.2) is 0 Å². The Labute approximate surface area is 35.4 Å². The fraction of sp³-hybridized carbons (Fsp3) is 1.00. The molecule has 0 aromatic rings. The van der Waals surface area contributed by atoms with Crippen LogP contribution in [0, 0.1) is 0 Å². The Bertz CT molecular complexity index is 20.8. The van der Waals surface area contributed by atoms with Crippen LogP contribution in [-0.4, -0.2) is 20.0 Å². The second-order valence-corrected chi connectivity index (χ2v) is 0.823. The summed E-state index contributed by atoms with van der Waals surface area (Å²) in [6, 6.07) is 0. The number of rotatable bonds is 3. The van der Waals surface area contributed by atoms with E-state index in [-0.39, 0.29) is 6.54 Å². The molecule has 1 N–H and O–H groups in total. The zero-order valence-electron chi connectivity index (χ0n) is 3.38. The van der Waals surface area contributed by atoms with Crippen LogP contribution in [0.2, 0.25) is 0 Å². The molecule has 0 atom stereocenters. The van der Waals surface area contributed by atoms with Gasteiger partial charge in [0.2, 0.25) is 0 Å². The van der Waals surface area contributed by atoms with Gasteiger partial charge in [0.1, 0.15) is 13.5 Å². The summed E-state index contributed by atoms with van der Waals surface area (Å²) < 4.78 is 21.9. The molecule has 38 valence electrons. The average Bonchev–Trinajstić information content (AvgIpc) is 1.61. The highest BCUT2D eigenvalue weighted by Crippen LogP contribution is 1.61. The van der Waals surface area contributed by atoms with Crippen molar-refractivity contribution in [2.45, 2.75) is 0 Å². The molecule has 0 amide bonds. The van der Waals surface area contributed by atoms with Gasteiger partial charge >= 0.3 is 0 Å². The number of halogens is 2. The fourth-order valence-electron chi connectivity index (χ4n) is 0.134. The predicted octanol–water partition coefficient (Wildman–Crippen LogP) is 0.473. The molecule has 1 nitrogen and oxygen atoms in total. The Morgan fingerprint density at radius 2 is 2.00 bits per heavy atom. The lowest BCUT2D eigenvalue weighted by molar-refractivity contribution is 0.391. The van der Waals surface area contributed by atoms with Gasteiger partial charge in [-0.15, -0.1) is 0 Å². The molecule has 0 unspecified atom stereocenters. The van der Waals surface area contributed by atoms with Crippen LogP contribution in [0.1, 0.15) is 0 Å². The van der Waals surface area contributed by atoms with Gasteiger partial charge in [-0.05, 0) is 0 Å². The molecular formula is C3H7F2N. The van der Waals surface area contributed by atoms with E-state index >= 15 is 0 Å². The molecule has 0 aliphatic carbocycles. The third-order valence-corrected chi connectivity index (χ3v) is 0.366. The van der Waals surface area contributed by atoms with Crippen molar-refractivity contribution in [1.82, 2.24) is 5.32 Å². The maximum Gasteiger partial charge on any atom is 0.140 e. The summed E-state index contributed by atoms with van der Waals surface area (Å²) >= 11 is 0. The van der Waals surface area contributed by atoms with E-state index in [1.165, 1.54) is 0 Å². The first-order valence-corrected chi connectivity index (χ1v) is 1.74. The van der Waals surface area contributed by atoms with Crippen molar-refractivity contribution in [3.8, 4) is 0 Å². The summed E-state index contributed by atoms with van der Waals surface area (Å²) in [7, 11) is 0. The fourth-order valence-corrected chi connectivity index (χ4v) is 0.134. The molecule has 0 radical (unpaired) electrons. The Hall–Kier alpha value is -0.180. The lowest BCUT2D eigenvalue weighted by Crippen LogP contribution is -2.14. The Balaban J connectivity index is 2.34. The highest BCUT2D eigenvalue weighted by molar-refractivity contribution is 4.31. The van der Waals surface area contributed by atoms with Crippen LogP contribution >= 0.6 is 0 Å². The van der Waals surface area contributed by atoms with Gasteiger partial charge in [-0.1, -0.05) is 0 Å². The van der Waals surface area contributed by atoms with Crippen LogP contribution in [0.25, 0.3) is 0 Å². The van der Waals surface area contributed by atoms with Crippen LogP contribution < -0.4 is 5.32 Å². The summed E-state index contributed by atoms with van der Waals surface area (Å²) in [5.74, 6) is 0. The molecule has 3 heteroatoms. The minimum atomic E-state index is -0.635. The second kappa shape index (κ2) is 4.82. The molecule has 0 spiro atoms. The van der Waals surface area contributed by atoms with Gasteiger partial charge in [0.15, 0.2) is 0 Å². The largest absolute Gasteiger partial charge is 0.288 e. The Kier molecular flexibility index (Phi) is 4.68. The number of hydrogen-bond acceptors (Lipinski definition) is 1. The Morgan fingerprint density at radius 3 is 2.17 bits per heavy atom. The van der Waals surface area contributed by atoms with Crippen molar-refractivity contribution in [3.63, 3.8) is 0 Å². The quantitative estimate of drug-likeness (QED) is 0.397. The normalized spacial score (nSPS) is 9.00. The molecule has 0 aliphatic heterocycles. The highest BCUT2D eigenvalue weighted by Gasteiger charge is 1.76. The van der Waals surface area contributed by atoms with Crippen molar-refractivity contribution in [3.05, 3.63) is 0 Å². The minimum absolute atomic E-state index is 0.122. The SMILES string of the molecule is FCCNCF. The number of hydrogen-bond donors (Lipinski definition) is 1. The van der Waals surface area contributed by atoms with E-state index in [4.69, 9.17) is 0 Å². The van der Waals surface area contributed by atoms with Crippen molar-refractivity contribution >= 4 is 0 Å². The van der Waals surface area contributed by atoms with E-state index in [9.17, 15) is 8.78 Å². The summed E-state index contributed by atoms with van der Waals surface area (Å²) in [6.07, 6.45) is 0. The van der Waals surface area contributed by atoms with E-state index in [1.54, 1.807) is 0 Å². The minimum Gasteiger partial charge on any atom is -0.288 e. The van der Waals surface area contributed by atoms with Gasteiger partial charge in [0.25, 0.3) is 0 Å². The molecule has 0 heterocycles. The maximum atomic E-state index is 11.0. The number of nitrogens with one attached hydrogen (secondary N) is 1. The molecule has 0 saturated carbocycles. The molecule has 0 aliphatic rings. The van der Waals surface area contributed by atoms with E-state index in [2.05, 4.69) is 5.32 Å². The standard InChI is InChI=1S/C3H7F2N/c4-1-2-6-3-5/h6H,1-3H2. The first-order chi connectivity index (χ1) is 2.91. The summed E-state index contributed by atoms with van der Waals surface area (Å²) in [4.78, 5) is 0. The van der Waals surface area contributed by atoms with E-state index in [0.717, 1.165) is 0 Å². The molecule has 0 fully saturated rings. The molecule has 0 saturated heterocycles. The smallest absolute Gasteiger partial charge is 0.140 e. The van der Waals surface area contributed by atoms with Crippen LogP contribution in [0.4, 0.5) is 8.78 Å². The summed E-state index contributed by atoms with van der Waals surface area (Å²) in [5, 5.41) is 2.16. The molecule has 0 rings (SSSR count). The molecule has 0 aromatic carbocycles. The topological polar surface area (TPSA) is 12.0 Å². The zero-order chi connectivity index (χ0) is 4.83. The van der Waals surface area contributed by atoms with Crippen molar-refractivity contribution < 1.29 is 8.78 Å². The van der Waals surface area contributed by atoms with Gasteiger partial charge in [-0.3, -0.25) is 5.32 Å². The molecule has 6 heavy (non-hydrogen) atoms. The van der Waals surface area contributed by atoms with E-state index in [0.29, 0.717) is 0 Å². The third kappa shape index (κ3) is 3.82. The summed E-state index contributed by atoms with van der Waals surface area (Å²) in [6.45, 7) is -1.01. The average molecular weight is 95.1 g/mol. The maximum absolute atomic E-state index is 11.0. The second-order valence-electron chi connectivity index (χ2n) is 0.823. The van der Waals surface area contributed by atoms with Crippen molar-refractivity contribution in [1.29, 1.82) is 0 Å². The number of alkyl halides is 2. The van der Waals surface area contributed by atoms with E-state index in [1.807, 2.05) is 0 Å². The monoisotopic (exact) mass is 95.1 g/mol. The van der Waals surface area contributed by atoms with Crippen molar-refractivity contribution in [2.24, 2.45) is 0 Å². The predicted molar refractivity (Wildman–Crippen MR) is 20.0 cm³/mol. The van der Waals surface area contributed by atoms with Gasteiger partial charge in [-0.25, -0.2) is 8.78 Å². The van der Waals surface area contributed by atoms with Crippen molar-refractivity contribution in [2.75, 3.05) is 20.0 Å². The molecule has 0 bridgehead atoms. The highest BCUT2D eigenvalue weighted by atomic mass is 19.1. The van der Waals surface area contributed by atoms with Gasteiger partial charge in [-0.2, -0.15) is 0 Å². The lowest BCUT2D eigenvalue weighted by Gasteiger charge is -1.87. The van der Waals surface area contributed by atoms with Crippen LogP contribution in [0.3, 0.4) is 0 Å².